The van der Waals surface area contributed by atoms with Gasteiger partial charge in [-0.3, -0.25) is 9.78 Å². The number of ketones is 1. The highest BCUT2D eigenvalue weighted by molar-refractivity contribution is 6.08. The number of aromatic nitrogens is 1. The Labute approximate surface area is 103 Å². The first-order chi connectivity index (χ1) is 8.58. The van der Waals surface area contributed by atoms with Crippen molar-refractivity contribution < 1.29 is 13.6 Å². The van der Waals surface area contributed by atoms with E-state index in [9.17, 15) is 13.6 Å². The molecular weight excluding hydrogens is 236 g/mol. The molecule has 0 unspecified atom stereocenters. The smallest absolute Gasteiger partial charge is 0.263 e. The molecule has 0 N–H and O–H groups in total. The van der Waals surface area contributed by atoms with Crippen molar-refractivity contribution in [1.29, 1.82) is 0 Å². The quantitative estimate of drug-likeness (QED) is 0.776. The van der Waals surface area contributed by atoms with Crippen molar-refractivity contribution in [2.24, 2.45) is 0 Å². The Hall–Kier alpha value is -2.10. The van der Waals surface area contributed by atoms with E-state index in [0.717, 1.165) is 0 Å². The number of pyridine rings is 1. The second-order valence-corrected chi connectivity index (χ2v) is 4.00. The van der Waals surface area contributed by atoms with Crippen molar-refractivity contribution in [1.82, 2.24) is 4.98 Å². The summed E-state index contributed by atoms with van der Waals surface area (Å²) in [6.45, 7) is 1.69. The van der Waals surface area contributed by atoms with Crippen molar-refractivity contribution in [3.63, 3.8) is 0 Å². The van der Waals surface area contributed by atoms with Crippen LogP contribution in [0.1, 0.15) is 33.5 Å². The summed E-state index contributed by atoms with van der Waals surface area (Å²) in [4.78, 5) is 15.9. The largest absolute Gasteiger partial charge is 0.289 e. The highest BCUT2D eigenvalue weighted by atomic mass is 19.3. The molecule has 1 aromatic heterocycles. The number of rotatable bonds is 3. The van der Waals surface area contributed by atoms with Crippen LogP contribution in [0.15, 0.2) is 42.7 Å². The second kappa shape index (κ2) is 5.04. The molecule has 0 saturated heterocycles. The van der Waals surface area contributed by atoms with Crippen molar-refractivity contribution in [3.8, 4) is 0 Å². The molecule has 0 aliphatic rings. The van der Waals surface area contributed by atoms with E-state index >= 15 is 0 Å². The number of alkyl halides is 2. The predicted molar refractivity (Wildman–Crippen MR) is 63.8 cm³/mol. The van der Waals surface area contributed by atoms with E-state index in [2.05, 4.69) is 4.98 Å². The maximum atomic E-state index is 12.7. The average Bonchev–Trinajstić information content (AvgIpc) is 2.38. The Morgan fingerprint density at radius 2 is 2.00 bits per heavy atom. The van der Waals surface area contributed by atoms with Gasteiger partial charge in [0.1, 0.15) is 0 Å². The summed E-state index contributed by atoms with van der Waals surface area (Å²) < 4.78 is 25.3. The molecule has 92 valence electrons. The molecule has 1 aromatic carbocycles. The van der Waals surface area contributed by atoms with E-state index in [4.69, 9.17) is 0 Å². The fourth-order valence-corrected chi connectivity index (χ4v) is 1.73. The molecule has 1 heterocycles. The minimum absolute atomic E-state index is 0.137. The molecule has 0 radical (unpaired) electrons. The van der Waals surface area contributed by atoms with Gasteiger partial charge in [0.05, 0.1) is 0 Å². The maximum Gasteiger partial charge on any atom is 0.263 e. The number of halogens is 2. The number of hydrogen-bond acceptors (Lipinski definition) is 2. The van der Waals surface area contributed by atoms with Crippen molar-refractivity contribution in [2.75, 3.05) is 0 Å². The minimum atomic E-state index is -2.58. The number of carbonyl (C=O) groups excluding carboxylic acids is 1. The van der Waals surface area contributed by atoms with E-state index in [-0.39, 0.29) is 16.9 Å². The molecule has 2 rings (SSSR count). The van der Waals surface area contributed by atoms with Crippen LogP contribution in [0.25, 0.3) is 0 Å². The Bertz CT molecular complexity index is 567. The summed E-state index contributed by atoms with van der Waals surface area (Å²) >= 11 is 0. The van der Waals surface area contributed by atoms with Gasteiger partial charge >= 0.3 is 0 Å². The van der Waals surface area contributed by atoms with E-state index in [0.29, 0.717) is 11.1 Å². The molecule has 4 heteroatoms. The van der Waals surface area contributed by atoms with Crippen LogP contribution in [0, 0.1) is 6.92 Å². The fourth-order valence-electron chi connectivity index (χ4n) is 1.73. The summed E-state index contributed by atoms with van der Waals surface area (Å²) in [6.07, 6.45) is 0.398. The van der Waals surface area contributed by atoms with Crippen LogP contribution in [-0.4, -0.2) is 10.8 Å². The average molecular weight is 247 g/mol. The molecule has 18 heavy (non-hydrogen) atoms. The third-order valence-corrected chi connectivity index (χ3v) is 2.54. The van der Waals surface area contributed by atoms with Crippen molar-refractivity contribution >= 4 is 5.78 Å². The zero-order chi connectivity index (χ0) is 13.1. The van der Waals surface area contributed by atoms with E-state index in [1.165, 1.54) is 18.3 Å². The van der Waals surface area contributed by atoms with Gasteiger partial charge in [-0.25, -0.2) is 8.78 Å². The zero-order valence-corrected chi connectivity index (χ0v) is 9.73. The van der Waals surface area contributed by atoms with Crippen LogP contribution in [0.4, 0.5) is 8.78 Å². The third kappa shape index (κ3) is 2.59. The SMILES string of the molecule is Cc1cc(C(=O)c2cccnc2)cc(C(F)F)c1. The number of benzene rings is 1. The summed E-state index contributed by atoms with van der Waals surface area (Å²) in [6, 6.07) is 7.45. The van der Waals surface area contributed by atoms with Gasteiger partial charge in [-0.15, -0.1) is 0 Å². The Kier molecular flexibility index (Phi) is 3.46. The highest BCUT2D eigenvalue weighted by Crippen LogP contribution is 2.22. The van der Waals surface area contributed by atoms with Crippen LogP contribution in [0.2, 0.25) is 0 Å². The molecule has 0 aliphatic heterocycles. The van der Waals surface area contributed by atoms with Crippen LogP contribution >= 0.6 is 0 Å². The predicted octanol–water partition coefficient (Wildman–Crippen LogP) is 3.56. The van der Waals surface area contributed by atoms with Crippen LogP contribution < -0.4 is 0 Å². The lowest BCUT2D eigenvalue weighted by Gasteiger charge is -2.06. The van der Waals surface area contributed by atoms with Crippen molar-refractivity contribution in [3.05, 3.63) is 65.0 Å². The second-order valence-electron chi connectivity index (χ2n) is 4.00. The normalized spacial score (nSPS) is 10.7. The lowest BCUT2D eigenvalue weighted by atomic mass is 10.00. The van der Waals surface area contributed by atoms with Gasteiger partial charge in [-0.05, 0) is 36.8 Å². The van der Waals surface area contributed by atoms with Gasteiger partial charge in [-0.1, -0.05) is 6.07 Å². The summed E-state index contributed by atoms with van der Waals surface area (Å²) in [5, 5.41) is 0. The van der Waals surface area contributed by atoms with Crippen molar-refractivity contribution in [2.45, 2.75) is 13.3 Å². The Balaban J connectivity index is 2.42. The number of carbonyl (C=O) groups is 1. The summed E-state index contributed by atoms with van der Waals surface area (Å²) in [7, 11) is 0. The standard InChI is InChI=1S/C14H11F2NO/c1-9-5-11(7-12(6-9)14(15)16)13(18)10-3-2-4-17-8-10/h2-8,14H,1H3. The molecule has 0 spiro atoms. The summed E-state index contributed by atoms with van der Waals surface area (Å²) in [5.41, 5.74) is 1.16. The lowest BCUT2D eigenvalue weighted by Crippen LogP contribution is -2.03. The van der Waals surface area contributed by atoms with Crippen LogP contribution in [0.5, 0.6) is 0 Å². The Morgan fingerprint density at radius 1 is 1.22 bits per heavy atom. The highest BCUT2D eigenvalue weighted by Gasteiger charge is 2.14. The molecule has 2 aromatic rings. The molecular formula is C14H11F2NO. The fraction of sp³-hybridized carbons (Fsp3) is 0.143. The molecule has 0 atom stereocenters. The van der Waals surface area contributed by atoms with Crippen LogP contribution in [0.3, 0.4) is 0 Å². The van der Waals surface area contributed by atoms with Gasteiger partial charge < -0.3 is 0 Å². The number of hydrogen-bond donors (Lipinski definition) is 0. The van der Waals surface area contributed by atoms with E-state index < -0.39 is 6.43 Å². The zero-order valence-electron chi connectivity index (χ0n) is 9.73. The topological polar surface area (TPSA) is 30.0 Å². The first-order valence-corrected chi connectivity index (χ1v) is 5.42. The van der Waals surface area contributed by atoms with E-state index in [1.807, 2.05) is 0 Å². The maximum absolute atomic E-state index is 12.7. The van der Waals surface area contributed by atoms with Gasteiger partial charge in [0, 0.05) is 29.1 Å². The van der Waals surface area contributed by atoms with Gasteiger partial charge in [-0.2, -0.15) is 0 Å². The van der Waals surface area contributed by atoms with Gasteiger partial charge in [0.15, 0.2) is 5.78 Å². The van der Waals surface area contributed by atoms with Gasteiger partial charge in [0.2, 0.25) is 0 Å². The molecule has 2 nitrogen and oxygen atoms in total. The minimum Gasteiger partial charge on any atom is -0.289 e. The first-order valence-electron chi connectivity index (χ1n) is 5.42. The molecule has 0 aliphatic carbocycles. The first kappa shape index (κ1) is 12.4. The molecule has 0 amide bonds. The molecule has 0 fully saturated rings. The molecule has 0 bridgehead atoms. The monoisotopic (exact) mass is 247 g/mol. The lowest BCUT2D eigenvalue weighted by molar-refractivity contribution is 0.103. The Morgan fingerprint density at radius 3 is 2.61 bits per heavy atom. The number of aryl methyl sites for hydroxylation is 1. The van der Waals surface area contributed by atoms with E-state index in [1.54, 1.807) is 31.3 Å². The molecule has 0 saturated carbocycles. The van der Waals surface area contributed by atoms with Gasteiger partial charge in [0.25, 0.3) is 6.43 Å². The number of nitrogens with zero attached hydrogens (tertiary/aromatic N) is 1. The van der Waals surface area contributed by atoms with Crippen LogP contribution in [-0.2, 0) is 0 Å². The third-order valence-electron chi connectivity index (χ3n) is 2.54. The summed E-state index contributed by atoms with van der Waals surface area (Å²) in [5.74, 6) is -0.297.